The van der Waals surface area contributed by atoms with Crippen LogP contribution in [0.3, 0.4) is 0 Å². The number of nitrogens with zero attached hydrogens (tertiary/aromatic N) is 2. The number of carbonyl (C=O) groups is 1. The largest absolute Gasteiger partial charge is 0.335 e. The fourth-order valence-corrected chi connectivity index (χ4v) is 3.44. The van der Waals surface area contributed by atoms with Gasteiger partial charge in [-0.1, -0.05) is 55.8 Å². The molecule has 0 aliphatic rings. The van der Waals surface area contributed by atoms with Gasteiger partial charge in [-0.05, 0) is 36.1 Å². The summed E-state index contributed by atoms with van der Waals surface area (Å²) in [6.07, 6.45) is 1.24. The summed E-state index contributed by atoms with van der Waals surface area (Å²) < 4.78 is 0. The molecule has 0 bridgehead atoms. The van der Waals surface area contributed by atoms with Crippen LogP contribution in [0.15, 0.2) is 53.3 Å². The lowest BCUT2D eigenvalue weighted by Crippen LogP contribution is -2.33. The first-order valence-electron chi connectivity index (χ1n) is 9.49. The number of aromatic amines is 1. The average molecular weight is 398 g/mol. The number of H-pyrrole nitrogens is 1. The van der Waals surface area contributed by atoms with Crippen LogP contribution < -0.4 is 5.56 Å². The Morgan fingerprint density at radius 2 is 1.96 bits per heavy atom. The van der Waals surface area contributed by atoms with Gasteiger partial charge in [0.05, 0.1) is 17.4 Å². The summed E-state index contributed by atoms with van der Waals surface area (Å²) in [5, 5.41) is 1.01. The van der Waals surface area contributed by atoms with Crippen molar-refractivity contribution >= 4 is 28.4 Å². The second-order valence-corrected chi connectivity index (χ2v) is 7.44. The predicted octanol–water partition coefficient (Wildman–Crippen LogP) is 4.51. The second-order valence-electron chi connectivity index (χ2n) is 7.01. The van der Waals surface area contributed by atoms with Crippen LogP contribution in [0, 0.1) is 0 Å². The third kappa shape index (κ3) is 4.78. The molecule has 1 aromatic heterocycles. The lowest BCUT2D eigenvalue weighted by Gasteiger charge is -2.23. The van der Waals surface area contributed by atoms with E-state index in [0.717, 1.165) is 12.0 Å². The molecule has 0 saturated heterocycles. The molecule has 1 N–H and O–H groups in total. The number of amides is 1. The van der Waals surface area contributed by atoms with Crippen molar-refractivity contribution in [1.82, 2.24) is 14.9 Å². The summed E-state index contributed by atoms with van der Waals surface area (Å²) in [6, 6.07) is 15.0. The molecule has 6 heteroatoms. The van der Waals surface area contributed by atoms with Gasteiger partial charge < -0.3 is 9.88 Å². The van der Waals surface area contributed by atoms with Crippen molar-refractivity contribution in [2.75, 3.05) is 6.54 Å². The smallest absolute Gasteiger partial charge is 0.258 e. The van der Waals surface area contributed by atoms with Crippen LogP contribution in [-0.4, -0.2) is 27.3 Å². The highest BCUT2D eigenvalue weighted by Crippen LogP contribution is 2.20. The molecule has 0 saturated carbocycles. The molecule has 1 heterocycles. The summed E-state index contributed by atoms with van der Waals surface area (Å²) in [6.45, 7) is 4.95. The first kappa shape index (κ1) is 20.1. The van der Waals surface area contributed by atoms with Crippen LogP contribution in [0.1, 0.15) is 44.0 Å². The number of nitrogens with one attached hydrogen (secondary N) is 1. The molecule has 146 valence electrons. The van der Waals surface area contributed by atoms with E-state index < -0.39 is 0 Å². The number of fused-ring (bicyclic) bond motifs is 1. The molecule has 1 amide bonds. The number of benzene rings is 2. The summed E-state index contributed by atoms with van der Waals surface area (Å²) >= 11 is 6.03. The van der Waals surface area contributed by atoms with Crippen molar-refractivity contribution in [2.24, 2.45) is 0 Å². The predicted molar refractivity (Wildman–Crippen MR) is 113 cm³/mol. The minimum Gasteiger partial charge on any atom is -0.335 e. The van der Waals surface area contributed by atoms with Crippen molar-refractivity contribution in [1.29, 1.82) is 0 Å². The fourth-order valence-electron chi connectivity index (χ4n) is 3.27. The van der Waals surface area contributed by atoms with Crippen molar-refractivity contribution in [3.63, 3.8) is 0 Å². The number of aromatic nitrogens is 2. The zero-order chi connectivity index (χ0) is 20.1. The normalized spacial score (nSPS) is 12.1. The Bertz CT molecular complexity index is 1020. The summed E-state index contributed by atoms with van der Waals surface area (Å²) in [4.78, 5) is 34.3. The molecule has 0 fully saturated rings. The van der Waals surface area contributed by atoms with Crippen LogP contribution >= 0.6 is 11.6 Å². The van der Waals surface area contributed by atoms with Crippen LogP contribution in [0.5, 0.6) is 0 Å². The third-order valence-corrected chi connectivity index (χ3v) is 4.99. The van der Waals surface area contributed by atoms with E-state index in [1.54, 1.807) is 23.1 Å². The molecule has 0 unspecified atom stereocenters. The maximum atomic E-state index is 12.9. The zero-order valence-corrected chi connectivity index (χ0v) is 16.9. The molecule has 0 aliphatic carbocycles. The molecule has 2 aromatic carbocycles. The number of carbonyl (C=O) groups excluding carboxylic acids is 1. The molecule has 1 atom stereocenters. The van der Waals surface area contributed by atoms with Gasteiger partial charge in [0, 0.05) is 18.0 Å². The van der Waals surface area contributed by atoms with Crippen molar-refractivity contribution < 1.29 is 4.79 Å². The zero-order valence-electron chi connectivity index (χ0n) is 16.1. The van der Waals surface area contributed by atoms with Gasteiger partial charge in [0.1, 0.15) is 5.82 Å². The lowest BCUT2D eigenvalue weighted by molar-refractivity contribution is -0.132. The fraction of sp³-hybridized carbons (Fsp3) is 0.318. The van der Waals surface area contributed by atoms with E-state index in [4.69, 9.17) is 11.6 Å². The average Bonchev–Trinajstić information content (AvgIpc) is 2.68. The Morgan fingerprint density at radius 1 is 1.21 bits per heavy atom. The van der Waals surface area contributed by atoms with Gasteiger partial charge in [0.2, 0.25) is 5.91 Å². The molecular formula is C22H24ClN3O2. The van der Waals surface area contributed by atoms with E-state index in [1.807, 2.05) is 37.3 Å². The maximum Gasteiger partial charge on any atom is 0.258 e. The first-order chi connectivity index (χ1) is 13.5. The van der Waals surface area contributed by atoms with Crippen LogP contribution in [0.2, 0.25) is 5.02 Å². The molecule has 0 spiro atoms. The van der Waals surface area contributed by atoms with Crippen molar-refractivity contribution in [3.05, 3.63) is 75.3 Å². The number of rotatable bonds is 7. The topological polar surface area (TPSA) is 66.1 Å². The minimum atomic E-state index is -0.224. The lowest BCUT2D eigenvalue weighted by atomic mass is 9.97. The summed E-state index contributed by atoms with van der Waals surface area (Å²) in [5.41, 5.74) is 1.45. The van der Waals surface area contributed by atoms with Gasteiger partial charge >= 0.3 is 0 Å². The Balaban J connectivity index is 1.79. The van der Waals surface area contributed by atoms with Gasteiger partial charge in [-0.25, -0.2) is 4.98 Å². The van der Waals surface area contributed by atoms with Gasteiger partial charge in [0.15, 0.2) is 0 Å². The summed E-state index contributed by atoms with van der Waals surface area (Å²) in [7, 11) is 0. The van der Waals surface area contributed by atoms with E-state index in [9.17, 15) is 9.59 Å². The van der Waals surface area contributed by atoms with Gasteiger partial charge in [0.25, 0.3) is 5.56 Å². The second kappa shape index (κ2) is 9.02. The van der Waals surface area contributed by atoms with Crippen LogP contribution in [0.25, 0.3) is 10.9 Å². The molecule has 28 heavy (non-hydrogen) atoms. The molecule has 3 aromatic rings. The first-order valence-corrected chi connectivity index (χ1v) is 9.87. The Labute approximate surface area is 169 Å². The monoisotopic (exact) mass is 397 g/mol. The third-order valence-electron chi connectivity index (χ3n) is 4.75. The number of hydrogen-bond acceptors (Lipinski definition) is 3. The van der Waals surface area contributed by atoms with Crippen LogP contribution in [0.4, 0.5) is 0 Å². The quantitative estimate of drug-likeness (QED) is 0.637. The van der Waals surface area contributed by atoms with Crippen molar-refractivity contribution in [3.8, 4) is 0 Å². The summed E-state index contributed by atoms with van der Waals surface area (Å²) in [5.74, 6) is 0.636. The standard InChI is InChI=1S/C22H24ClN3O2/c1-3-11-26(21(27)12-15(2)16-7-5-4-6-8-16)14-20-24-19-13-17(23)9-10-18(19)22(28)25-20/h4-10,13,15H,3,11-12,14H2,1-2H3,(H,24,25,28)/t15-/m0/s1. The molecular weight excluding hydrogens is 374 g/mol. The highest BCUT2D eigenvalue weighted by atomic mass is 35.5. The Morgan fingerprint density at radius 3 is 2.68 bits per heavy atom. The SMILES string of the molecule is CCCN(Cc1nc2cc(Cl)ccc2c(=O)[nH]1)C(=O)C[C@H](C)c1ccccc1. The Hall–Kier alpha value is -2.66. The van der Waals surface area contributed by atoms with E-state index >= 15 is 0 Å². The van der Waals surface area contributed by atoms with Crippen molar-refractivity contribution in [2.45, 2.75) is 39.2 Å². The molecule has 0 aliphatic heterocycles. The van der Waals surface area contributed by atoms with E-state index in [0.29, 0.717) is 34.7 Å². The molecule has 5 nitrogen and oxygen atoms in total. The van der Waals surface area contributed by atoms with E-state index in [2.05, 4.69) is 16.9 Å². The minimum absolute atomic E-state index is 0.0482. The van der Waals surface area contributed by atoms with E-state index in [1.165, 1.54) is 0 Å². The van der Waals surface area contributed by atoms with Gasteiger partial charge in [-0.3, -0.25) is 9.59 Å². The Kier molecular flexibility index (Phi) is 6.47. The number of halogens is 1. The number of hydrogen-bond donors (Lipinski definition) is 1. The van der Waals surface area contributed by atoms with Gasteiger partial charge in [-0.15, -0.1) is 0 Å². The highest BCUT2D eigenvalue weighted by molar-refractivity contribution is 6.31. The van der Waals surface area contributed by atoms with Gasteiger partial charge in [-0.2, -0.15) is 0 Å². The maximum absolute atomic E-state index is 12.9. The van der Waals surface area contributed by atoms with Crippen LogP contribution in [-0.2, 0) is 11.3 Å². The van der Waals surface area contributed by atoms with E-state index in [-0.39, 0.29) is 23.9 Å². The molecule has 0 radical (unpaired) electrons. The molecule has 3 rings (SSSR count). The highest BCUT2D eigenvalue weighted by Gasteiger charge is 2.19.